The number of carbonyl (C=O) groups is 1. The second-order valence-electron chi connectivity index (χ2n) is 4.06. The zero-order valence-corrected chi connectivity index (χ0v) is 10.7. The van der Waals surface area contributed by atoms with E-state index in [9.17, 15) is 4.79 Å². The molecule has 2 rings (SSSR count). The Kier molecular flexibility index (Phi) is 3.98. The molecular weight excluding hydrogens is 238 g/mol. The Hall–Kier alpha value is -2.55. The molecule has 2 aromatic carbocycles. The van der Waals surface area contributed by atoms with Gasteiger partial charge in [0.1, 0.15) is 5.75 Å². The average Bonchev–Trinajstić information content (AvgIpc) is 2.46. The maximum Gasteiger partial charge on any atom is 0.185 e. The van der Waals surface area contributed by atoms with E-state index in [0.717, 1.165) is 11.3 Å². The summed E-state index contributed by atoms with van der Waals surface area (Å²) < 4.78 is 5.05. The lowest BCUT2D eigenvalue weighted by molar-refractivity contribution is 0.104. The Morgan fingerprint density at radius 3 is 2.42 bits per heavy atom. The van der Waals surface area contributed by atoms with Crippen LogP contribution in [-0.4, -0.2) is 12.9 Å². The van der Waals surface area contributed by atoms with Crippen LogP contribution in [-0.2, 0) is 0 Å². The summed E-state index contributed by atoms with van der Waals surface area (Å²) in [7, 11) is 1.59. The van der Waals surface area contributed by atoms with Crippen molar-refractivity contribution in [1.29, 1.82) is 0 Å². The number of allylic oxidation sites excluding steroid dienone is 1. The molecule has 0 aromatic heterocycles. The van der Waals surface area contributed by atoms with Gasteiger partial charge in [-0.25, -0.2) is 0 Å². The van der Waals surface area contributed by atoms with Crippen LogP contribution in [0, 0.1) is 0 Å². The van der Waals surface area contributed by atoms with Crippen molar-refractivity contribution in [2.45, 2.75) is 0 Å². The van der Waals surface area contributed by atoms with Crippen molar-refractivity contribution >= 4 is 17.5 Å². The summed E-state index contributed by atoms with van der Waals surface area (Å²) in [6, 6.07) is 14.4. The highest BCUT2D eigenvalue weighted by molar-refractivity contribution is 6.07. The molecule has 3 heteroatoms. The standard InChI is InChI=1S/C16H15NO2/c1-19-14-9-6-13(7-10-14)16(18)11-8-12-4-2-3-5-15(12)17/h2-11H,17H2,1H3. The first kappa shape index (κ1) is 12.9. The molecule has 96 valence electrons. The summed E-state index contributed by atoms with van der Waals surface area (Å²) in [6.45, 7) is 0. The third kappa shape index (κ3) is 3.22. The Morgan fingerprint density at radius 1 is 1.11 bits per heavy atom. The van der Waals surface area contributed by atoms with E-state index in [4.69, 9.17) is 10.5 Å². The number of ether oxygens (including phenoxy) is 1. The molecule has 0 bridgehead atoms. The van der Waals surface area contributed by atoms with E-state index in [2.05, 4.69) is 0 Å². The van der Waals surface area contributed by atoms with Crippen LogP contribution in [0.3, 0.4) is 0 Å². The Bertz CT molecular complexity index is 600. The number of carbonyl (C=O) groups excluding carboxylic acids is 1. The summed E-state index contributed by atoms with van der Waals surface area (Å²) in [4.78, 5) is 12.0. The van der Waals surface area contributed by atoms with Gasteiger partial charge in [0.05, 0.1) is 7.11 Å². The molecule has 0 fully saturated rings. The first-order valence-corrected chi connectivity index (χ1v) is 5.91. The molecule has 0 aliphatic rings. The van der Waals surface area contributed by atoms with Crippen molar-refractivity contribution in [3.8, 4) is 5.75 Å². The summed E-state index contributed by atoms with van der Waals surface area (Å²) in [5.74, 6) is 0.665. The van der Waals surface area contributed by atoms with Crippen LogP contribution in [0.5, 0.6) is 5.75 Å². The average molecular weight is 253 g/mol. The highest BCUT2D eigenvalue weighted by Gasteiger charge is 2.02. The van der Waals surface area contributed by atoms with Gasteiger partial charge in [0.2, 0.25) is 0 Å². The van der Waals surface area contributed by atoms with E-state index in [1.54, 1.807) is 43.5 Å². The maximum absolute atomic E-state index is 12.0. The molecular formula is C16H15NO2. The molecule has 0 heterocycles. The van der Waals surface area contributed by atoms with E-state index in [0.29, 0.717) is 11.3 Å². The van der Waals surface area contributed by atoms with E-state index in [1.807, 2.05) is 18.2 Å². The molecule has 2 N–H and O–H groups in total. The predicted molar refractivity (Wildman–Crippen MR) is 77.2 cm³/mol. The van der Waals surface area contributed by atoms with E-state index < -0.39 is 0 Å². The fraction of sp³-hybridized carbons (Fsp3) is 0.0625. The Balaban J connectivity index is 2.14. The second kappa shape index (κ2) is 5.87. The number of rotatable bonds is 4. The lowest BCUT2D eigenvalue weighted by Crippen LogP contribution is -1.95. The summed E-state index contributed by atoms with van der Waals surface area (Å²) in [6.07, 6.45) is 3.25. The molecule has 0 aliphatic carbocycles. The van der Waals surface area contributed by atoms with E-state index in [1.165, 1.54) is 6.08 Å². The Morgan fingerprint density at radius 2 is 1.79 bits per heavy atom. The van der Waals surface area contributed by atoms with E-state index in [-0.39, 0.29) is 5.78 Å². The van der Waals surface area contributed by atoms with Gasteiger partial charge in [0.25, 0.3) is 0 Å². The van der Waals surface area contributed by atoms with Crippen molar-refractivity contribution < 1.29 is 9.53 Å². The molecule has 0 atom stereocenters. The van der Waals surface area contributed by atoms with Crippen molar-refractivity contribution in [2.24, 2.45) is 0 Å². The number of hydrogen-bond donors (Lipinski definition) is 1. The van der Waals surface area contributed by atoms with Gasteiger partial charge in [-0.2, -0.15) is 0 Å². The van der Waals surface area contributed by atoms with Gasteiger partial charge in [0.15, 0.2) is 5.78 Å². The number of ketones is 1. The maximum atomic E-state index is 12.0. The fourth-order valence-corrected chi connectivity index (χ4v) is 1.68. The van der Waals surface area contributed by atoms with Crippen LogP contribution in [0.4, 0.5) is 5.69 Å². The molecule has 0 saturated carbocycles. The molecule has 0 unspecified atom stereocenters. The fourth-order valence-electron chi connectivity index (χ4n) is 1.68. The van der Waals surface area contributed by atoms with Gasteiger partial charge < -0.3 is 10.5 Å². The molecule has 0 amide bonds. The zero-order chi connectivity index (χ0) is 13.7. The smallest absolute Gasteiger partial charge is 0.185 e. The van der Waals surface area contributed by atoms with Gasteiger partial charge in [-0.15, -0.1) is 0 Å². The summed E-state index contributed by atoms with van der Waals surface area (Å²) in [5, 5.41) is 0. The van der Waals surface area contributed by atoms with Crippen LogP contribution >= 0.6 is 0 Å². The first-order chi connectivity index (χ1) is 9.20. The molecule has 0 radical (unpaired) electrons. The zero-order valence-electron chi connectivity index (χ0n) is 10.7. The molecule has 2 aromatic rings. The number of hydrogen-bond acceptors (Lipinski definition) is 3. The topological polar surface area (TPSA) is 52.3 Å². The second-order valence-corrected chi connectivity index (χ2v) is 4.06. The summed E-state index contributed by atoms with van der Waals surface area (Å²) in [5.41, 5.74) is 7.91. The number of benzene rings is 2. The van der Waals surface area contributed by atoms with Crippen LogP contribution in [0.15, 0.2) is 54.6 Å². The molecule has 0 spiro atoms. The number of anilines is 1. The largest absolute Gasteiger partial charge is 0.497 e. The van der Waals surface area contributed by atoms with Crippen LogP contribution in [0.25, 0.3) is 6.08 Å². The predicted octanol–water partition coefficient (Wildman–Crippen LogP) is 3.17. The lowest BCUT2D eigenvalue weighted by Gasteiger charge is -2.01. The number of para-hydroxylation sites is 1. The molecule has 0 aliphatic heterocycles. The highest BCUT2D eigenvalue weighted by Crippen LogP contribution is 2.15. The van der Waals surface area contributed by atoms with Crippen molar-refractivity contribution in [3.05, 3.63) is 65.7 Å². The molecule has 19 heavy (non-hydrogen) atoms. The number of nitrogens with two attached hydrogens (primary N) is 1. The van der Waals surface area contributed by atoms with E-state index >= 15 is 0 Å². The van der Waals surface area contributed by atoms with Gasteiger partial charge in [0, 0.05) is 11.3 Å². The lowest BCUT2D eigenvalue weighted by atomic mass is 10.1. The summed E-state index contributed by atoms with van der Waals surface area (Å²) >= 11 is 0. The number of methoxy groups -OCH3 is 1. The molecule has 0 saturated heterocycles. The van der Waals surface area contributed by atoms with Crippen LogP contribution in [0.1, 0.15) is 15.9 Å². The normalized spacial score (nSPS) is 10.6. The number of nitrogen functional groups attached to an aromatic ring is 1. The van der Waals surface area contributed by atoms with Gasteiger partial charge in [-0.1, -0.05) is 18.2 Å². The van der Waals surface area contributed by atoms with Gasteiger partial charge in [-0.05, 0) is 48.0 Å². The van der Waals surface area contributed by atoms with Crippen molar-refractivity contribution in [1.82, 2.24) is 0 Å². The van der Waals surface area contributed by atoms with Crippen molar-refractivity contribution in [3.63, 3.8) is 0 Å². The minimum absolute atomic E-state index is 0.0640. The minimum Gasteiger partial charge on any atom is -0.497 e. The van der Waals surface area contributed by atoms with Crippen LogP contribution < -0.4 is 10.5 Å². The van der Waals surface area contributed by atoms with Crippen molar-refractivity contribution in [2.75, 3.05) is 12.8 Å². The molecule has 3 nitrogen and oxygen atoms in total. The van der Waals surface area contributed by atoms with Gasteiger partial charge >= 0.3 is 0 Å². The monoisotopic (exact) mass is 253 g/mol. The Labute approximate surface area is 112 Å². The quantitative estimate of drug-likeness (QED) is 0.517. The van der Waals surface area contributed by atoms with Gasteiger partial charge in [-0.3, -0.25) is 4.79 Å². The SMILES string of the molecule is COc1ccc(C(=O)C=Cc2ccccc2N)cc1. The minimum atomic E-state index is -0.0640. The first-order valence-electron chi connectivity index (χ1n) is 5.91. The third-order valence-electron chi connectivity index (χ3n) is 2.78. The van der Waals surface area contributed by atoms with Crippen LogP contribution in [0.2, 0.25) is 0 Å². The third-order valence-corrected chi connectivity index (χ3v) is 2.78. The highest BCUT2D eigenvalue weighted by atomic mass is 16.5.